The lowest BCUT2D eigenvalue weighted by atomic mass is 9.67. The molecule has 0 radical (unpaired) electrons. The maximum atomic E-state index is 16.0. The summed E-state index contributed by atoms with van der Waals surface area (Å²) in [6.07, 6.45) is 6.66. The Labute approximate surface area is 467 Å². The van der Waals surface area contributed by atoms with E-state index in [-0.39, 0.29) is 11.9 Å². The van der Waals surface area contributed by atoms with Crippen LogP contribution in [0.2, 0.25) is 0 Å². The van der Waals surface area contributed by atoms with E-state index in [1.807, 2.05) is 0 Å². The van der Waals surface area contributed by atoms with Gasteiger partial charge in [-0.1, -0.05) is 188 Å². The Kier molecular flexibility index (Phi) is 8.53. The van der Waals surface area contributed by atoms with E-state index in [4.69, 9.17) is 4.74 Å². The van der Waals surface area contributed by atoms with E-state index in [0.717, 1.165) is 36.4 Å². The number of hydrogen-bond acceptors (Lipinski definition) is 2. The van der Waals surface area contributed by atoms with Crippen molar-refractivity contribution in [2.75, 3.05) is 6.61 Å². The molecule has 2 aromatic heterocycles. The number of epoxide rings is 1. The predicted molar refractivity (Wildman–Crippen MR) is 327 cm³/mol. The second-order valence-corrected chi connectivity index (χ2v) is 23.1. The minimum Gasteiger partial charge on any atom is -0.368 e. The summed E-state index contributed by atoms with van der Waals surface area (Å²) in [5.41, 5.74) is 28.0. The number of fused-ring (bicyclic) bond motifs is 25. The van der Waals surface area contributed by atoms with E-state index < -0.39 is 10.8 Å². The van der Waals surface area contributed by atoms with Crippen LogP contribution in [0.25, 0.3) is 93.9 Å². The summed E-state index contributed by atoms with van der Waals surface area (Å²) in [6.45, 7) is 0.740. The summed E-state index contributed by atoms with van der Waals surface area (Å²) in [5.74, 6) is 0.0189. The van der Waals surface area contributed by atoms with Crippen molar-refractivity contribution < 1.29 is 9.53 Å². The van der Waals surface area contributed by atoms with E-state index in [1.54, 1.807) is 0 Å². The van der Waals surface area contributed by atoms with Crippen LogP contribution in [0.1, 0.15) is 84.9 Å². The number of carbonyl (C=O) groups excluding carboxylic acids is 1. The zero-order chi connectivity index (χ0) is 52.9. The number of para-hydroxylation sites is 4. The average Bonchev–Trinajstić information content (AvgIpc) is 4.04. The number of hydrogen-bond donors (Lipinski definition) is 0. The molecule has 81 heavy (non-hydrogen) atoms. The van der Waals surface area contributed by atoms with Crippen LogP contribution in [0.3, 0.4) is 0 Å². The first-order chi connectivity index (χ1) is 40.1. The summed E-state index contributed by atoms with van der Waals surface area (Å²) < 4.78 is 10.8. The van der Waals surface area contributed by atoms with Crippen LogP contribution in [0.4, 0.5) is 0 Å². The highest BCUT2D eigenvalue weighted by Gasteiger charge is 2.55. The molecule has 0 amide bonds. The molecule has 1 atom stereocenters. The molecule has 2 spiro atoms. The minimum atomic E-state index is -0.705. The molecule has 3 heterocycles. The highest BCUT2D eigenvalue weighted by Crippen LogP contribution is 2.66. The number of carbonyl (C=O) groups is 1. The molecule has 5 aliphatic carbocycles. The first-order valence-electron chi connectivity index (χ1n) is 28.6. The van der Waals surface area contributed by atoms with Gasteiger partial charge in [-0.05, 0) is 168 Å². The third kappa shape index (κ3) is 5.51. The fraction of sp³-hybridized carbons (Fsp3) is 0.0779. The molecule has 378 valence electrons. The normalized spacial score (nSPS) is 16.7. The van der Waals surface area contributed by atoms with Crippen molar-refractivity contribution in [1.82, 2.24) is 9.13 Å². The summed E-state index contributed by atoms with van der Waals surface area (Å²) >= 11 is 0. The van der Waals surface area contributed by atoms with Gasteiger partial charge < -0.3 is 13.9 Å². The first kappa shape index (κ1) is 44.0. The third-order valence-corrected chi connectivity index (χ3v) is 19.5. The van der Waals surface area contributed by atoms with Crippen LogP contribution in [0.15, 0.2) is 254 Å². The van der Waals surface area contributed by atoms with Gasteiger partial charge in [-0.3, -0.25) is 4.79 Å². The Bertz CT molecular complexity index is 4790. The lowest BCUT2D eigenvalue weighted by Gasteiger charge is -2.34. The molecule has 6 aliphatic rings. The molecule has 11 aromatic carbocycles. The van der Waals surface area contributed by atoms with Crippen molar-refractivity contribution in [3.05, 3.63) is 316 Å². The van der Waals surface area contributed by atoms with Gasteiger partial charge in [0.15, 0.2) is 5.78 Å². The molecule has 0 bridgehead atoms. The zero-order valence-electron chi connectivity index (χ0n) is 44.1. The van der Waals surface area contributed by atoms with E-state index in [9.17, 15) is 0 Å². The van der Waals surface area contributed by atoms with Crippen molar-refractivity contribution >= 4 is 55.0 Å². The van der Waals surface area contributed by atoms with Gasteiger partial charge in [0.25, 0.3) is 0 Å². The van der Waals surface area contributed by atoms with E-state index in [2.05, 4.69) is 258 Å². The molecule has 19 rings (SSSR count). The first-order valence-corrected chi connectivity index (χ1v) is 28.6. The third-order valence-electron chi connectivity index (χ3n) is 19.5. The quantitative estimate of drug-likeness (QED) is 0.127. The number of ketones is 1. The lowest BCUT2D eigenvalue weighted by molar-refractivity contribution is 0.103. The Morgan fingerprint density at radius 2 is 0.802 bits per heavy atom. The van der Waals surface area contributed by atoms with E-state index >= 15 is 4.79 Å². The van der Waals surface area contributed by atoms with Crippen molar-refractivity contribution in [1.29, 1.82) is 0 Å². The standard InChI is InChI=1S/C77H48N2O2/c80-75(46-31-36-55-54-34-29-45(74-44-81-74)39-65(54)76(66(55)40-46)62-22-8-1-15-50(62)51-16-2-9-23-63(51)76)47-30-35-53-52-17-3-10-24-64(52)77(67(53)41-47)68-42-48(78-70-25-11-4-18-58(70)59-19-5-12-26-71(59)78)32-37-56(68)57-38-33-49(43-69(57)77)79-72-27-13-6-20-60(72)61-21-7-14-28-73(61)79/h1-9,11-23,25-43,74H,10,24,44H2. The largest absolute Gasteiger partial charge is 0.368 e. The molecule has 0 N–H and O–H groups in total. The molecule has 0 saturated carbocycles. The molecule has 4 nitrogen and oxygen atoms in total. The van der Waals surface area contributed by atoms with Gasteiger partial charge in [-0.2, -0.15) is 0 Å². The zero-order valence-corrected chi connectivity index (χ0v) is 44.1. The number of aromatic nitrogens is 2. The fourth-order valence-electron chi connectivity index (χ4n) is 16.2. The average molecular weight is 1030 g/mol. The SMILES string of the molecule is O=C(c1ccc2c(c1)C1(C3=C2C=CCC3)c2cc(-n3c4ccccc4c4ccccc43)ccc2-c2ccc(-n3c4ccccc4c4ccccc43)cc21)c1ccc2c(c1)C1(c3ccccc3-c3ccccc31)c1cc(C3CO3)ccc1-2. The fourth-order valence-corrected chi connectivity index (χ4v) is 16.2. The Hall–Kier alpha value is -9.87. The van der Waals surface area contributed by atoms with Crippen LogP contribution in [0, 0.1) is 0 Å². The molecule has 1 fully saturated rings. The molecule has 1 saturated heterocycles. The highest BCUT2D eigenvalue weighted by atomic mass is 16.6. The van der Waals surface area contributed by atoms with E-state index in [0.29, 0.717) is 11.1 Å². The summed E-state index contributed by atoms with van der Waals surface area (Å²) in [6, 6.07) is 87.6. The Balaban J connectivity index is 0.847. The number of allylic oxidation sites excluding steroid dienone is 4. The molecular formula is C77H48N2O2. The number of nitrogens with zero attached hydrogens (tertiary/aromatic N) is 2. The van der Waals surface area contributed by atoms with E-state index in [1.165, 1.54) is 133 Å². The Morgan fingerprint density at radius 3 is 1.32 bits per heavy atom. The van der Waals surface area contributed by atoms with Crippen molar-refractivity contribution in [3.8, 4) is 44.8 Å². The van der Waals surface area contributed by atoms with Gasteiger partial charge in [-0.25, -0.2) is 0 Å². The van der Waals surface area contributed by atoms with Crippen molar-refractivity contribution in [2.45, 2.75) is 29.8 Å². The van der Waals surface area contributed by atoms with Crippen molar-refractivity contribution in [3.63, 3.8) is 0 Å². The molecule has 4 heteroatoms. The van der Waals surface area contributed by atoms with Crippen LogP contribution in [-0.2, 0) is 15.6 Å². The second kappa shape index (κ2) is 15.7. The molecule has 1 aliphatic heterocycles. The van der Waals surface area contributed by atoms with Crippen molar-refractivity contribution in [2.24, 2.45) is 0 Å². The van der Waals surface area contributed by atoms with Crippen LogP contribution in [0.5, 0.6) is 0 Å². The number of benzene rings is 11. The van der Waals surface area contributed by atoms with Gasteiger partial charge in [0.1, 0.15) is 6.10 Å². The van der Waals surface area contributed by atoms with Gasteiger partial charge in [0.05, 0.1) is 39.5 Å². The topological polar surface area (TPSA) is 39.5 Å². The Morgan fingerprint density at radius 1 is 0.395 bits per heavy atom. The van der Waals surface area contributed by atoms with Gasteiger partial charge >= 0.3 is 0 Å². The van der Waals surface area contributed by atoms with Crippen LogP contribution >= 0.6 is 0 Å². The van der Waals surface area contributed by atoms with Gasteiger partial charge in [0, 0.05) is 44.0 Å². The molecule has 1 unspecified atom stereocenters. The maximum absolute atomic E-state index is 16.0. The monoisotopic (exact) mass is 1030 g/mol. The second-order valence-electron chi connectivity index (χ2n) is 23.1. The summed E-state index contributed by atoms with van der Waals surface area (Å²) in [7, 11) is 0. The number of rotatable bonds is 5. The number of ether oxygens (including phenoxy) is 1. The smallest absolute Gasteiger partial charge is 0.193 e. The predicted octanol–water partition coefficient (Wildman–Crippen LogP) is 18.0. The summed E-state index contributed by atoms with van der Waals surface area (Å²) in [4.78, 5) is 16.0. The highest BCUT2D eigenvalue weighted by molar-refractivity contribution is 6.13. The van der Waals surface area contributed by atoms with Gasteiger partial charge in [-0.15, -0.1) is 0 Å². The lowest BCUT2D eigenvalue weighted by Crippen LogP contribution is -2.28. The van der Waals surface area contributed by atoms with Crippen LogP contribution in [-0.4, -0.2) is 21.5 Å². The van der Waals surface area contributed by atoms with Gasteiger partial charge in [0.2, 0.25) is 0 Å². The maximum Gasteiger partial charge on any atom is 0.193 e. The molecule has 13 aromatic rings. The minimum absolute atomic E-state index is 0.0189. The summed E-state index contributed by atoms with van der Waals surface area (Å²) in [5, 5.41) is 4.94. The molecular weight excluding hydrogens is 985 g/mol. The van der Waals surface area contributed by atoms with Crippen LogP contribution < -0.4 is 0 Å².